The van der Waals surface area contributed by atoms with E-state index in [0.29, 0.717) is 23.7 Å². The molecular weight excluding hydrogens is 420 g/mol. The van der Waals surface area contributed by atoms with E-state index in [0.717, 1.165) is 24.3 Å². The number of aromatic nitrogens is 1. The molecule has 1 saturated heterocycles. The molecule has 2 aromatic carbocycles. The van der Waals surface area contributed by atoms with Gasteiger partial charge in [0.1, 0.15) is 11.8 Å². The summed E-state index contributed by atoms with van der Waals surface area (Å²) in [6.07, 6.45) is 0. The third kappa shape index (κ3) is 5.06. The van der Waals surface area contributed by atoms with E-state index in [4.69, 9.17) is 9.26 Å². The molecule has 3 aromatic rings. The van der Waals surface area contributed by atoms with E-state index in [2.05, 4.69) is 27.2 Å². The number of carbonyl (C=O) groups excluding carboxylic acids is 2. The first-order chi connectivity index (χ1) is 16.0. The number of piperazine rings is 1. The second-order valence-corrected chi connectivity index (χ2v) is 8.20. The van der Waals surface area contributed by atoms with Crippen LogP contribution >= 0.6 is 0 Å². The molecule has 1 aromatic heterocycles. The van der Waals surface area contributed by atoms with Gasteiger partial charge < -0.3 is 19.5 Å². The minimum absolute atomic E-state index is 0.106. The van der Waals surface area contributed by atoms with Crippen LogP contribution in [0.5, 0.6) is 0 Å². The van der Waals surface area contributed by atoms with Crippen LogP contribution in [0.2, 0.25) is 0 Å². The van der Waals surface area contributed by atoms with Gasteiger partial charge >= 0.3 is 5.97 Å². The molecule has 1 aliphatic rings. The van der Waals surface area contributed by atoms with Crippen molar-refractivity contribution in [3.8, 4) is 0 Å². The van der Waals surface area contributed by atoms with Gasteiger partial charge in [0, 0.05) is 37.4 Å². The van der Waals surface area contributed by atoms with Crippen LogP contribution in [0.1, 0.15) is 34.6 Å². The molecule has 4 rings (SSSR count). The molecule has 0 saturated carbocycles. The summed E-state index contributed by atoms with van der Waals surface area (Å²) >= 11 is 0. The number of aryl methyl sites for hydroxylation is 1. The van der Waals surface area contributed by atoms with Crippen molar-refractivity contribution in [3.63, 3.8) is 0 Å². The Balaban J connectivity index is 1.51. The number of esters is 1. The molecule has 8 nitrogen and oxygen atoms in total. The van der Waals surface area contributed by atoms with Gasteiger partial charge in [0.25, 0.3) is 0 Å². The fourth-order valence-corrected chi connectivity index (χ4v) is 4.26. The Morgan fingerprint density at radius 3 is 2.45 bits per heavy atom. The van der Waals surface area contributed by atoms with Gasteiger partial charge in [-0.1, -0.05) is 35.5 Å². The highest BCUT2D eigenvalue weighted by atomic mass is 16.5. The third-order valence-corrected chi connectivity index (χ3v) is 5.91. The van der Waals surface area contributed by atoms with Crippen LogP contribution in [0.25, 0.3) is 0 Å². The van der Waals surface area contributed by atoms with Crippen molar-refractivity contribution >= 4 is 23.4 Å². The van der Waals surface area contributed by atoms with Crippen LogP contribution in [-0.4, -0.2) is 54.7 Å². The van der Waals surface area contributed by atoms with Gasteiger partial charge in [-0.25, -0.2) is 4.79 Å². The Labute approximate surface area is 193 Å². The smallest absolute Gasteiger partial charge is 0.337 e. The predicted octanol–water partition coefficient (Wildman–Crippen LogP) is 3.66. The minimum Gasteiger partial charge on any atom is -0.465 e. The van der Waals surface area contributed by atoms with Crippen LogP contribution in [0.4, 0.5) is 11.5 Å². The number of hydrogen-bond donors (Lipinski definition) is 1. The number of methoxy groups -OCH3 is 1. The van der Waals surface area contributed by atoms with Gasteiger partial charge in [0.15, 0.2) is 5.82 Å². The Bertz CT molecular complexity index is 1100. The van der Waals surface area contributed by atoms with Gasteiger partial charge in [0.2, 0.25) is 5.91 Å². The zero-order valence-electron chi connectivity index (χ0n) is 19.0. The predicted molar refractivity (Wildman–Crippen MR) is 125 cm³/mol. The third-order valence-electron chi connectivity index (χ3n) is 5.91. The Hall–Kier alpha value is -3.65. The van der Waals surface area contributed by atoms with E-state index in [9.17, 15) is 9.59 Å². The zero-order chi connectivity index (χ0) is 23.4. The Kier molecular flexibility index (Phi) is 6.74. The second kappa shape index (κ2) is 9.87. The molecule has 8 heteroatoms. The number of rotatable bonds is 6. The second-order valence-electron chi connectivity index (χ2n) is 8.20. The fraction of sp³-hybridized carbons (Fsp3) is 0.320. The molecule has 0 spiro atoms. The van der Waals surface area contributed by atoms with Gasteiger partial charge in [-0.15, -0.1) is 0 Å². The average molecular weight is 449 g/mol. The van der Waals surface area contributed by atoms with E-state index in [1.807, 2.05) is 42.5 Å². The highest BCUT2D eigenvalue weighted by Gasteiger charge is 2.35. The van der Waals surface area contributed by atoms with Crippen molar-refractivity contribution in [3.05, 3.63) is 77.6 Å². The molecule has 1 fully saturated rings. The number of benzene rings is 2. The van der Waals surface area contributed by atoms with Crippen molar-refractivity contribution in [2.24, 2.45) is 0 Å². The molecular formula is C25H28N4O4. The lowest BCUT2D eigenvalue weighted by molar-refractivity contribution is -0.122. The Morgan fingerprint density at radius 1 is 1.12 bits per heavy atom. The first-order valence-electron chi connectivity index (χ1n) is 10.9. The maximum atomic E-state index is 13.4. The molecule has 1 N–H and O–H groups in total. The highest BCUT2D eigenvalue weighted by Crippen LogP contribution is 2.29. The fourth-order valence-electron chi connectivity index (χ4n) is 4.26. The number of ether oxygens (including phenoxy) is 1. The first-order valence-corrected chi connectivity index (χ1v) is 10.9. The van der Waals surface area contributed by atoms with Gasteiger partial charge in [0.05, 0.1) is 12.7 Å². The largest absolute Gasteiger partial charge is 0.465 e. The first kappa shape index (κ1) is 22.5. The van der Waals surface area contributed by atoms with Crippen LogP contribution in [0.15, 0.2) is 65.2 Å². The number of amides is 1. The molecule has 2 atom stereocenters. The molecule has 2 heterocycles. The van der Waals surface area contributed by atoms with Gasteiger partial charge in [-0.2, -0.15) is 0 Å². The summed E-state index contributed by atoms with van der Waals surface area (Å²) in [6.45, 7) is 6.11. The normalized spacial score (nSPS) is 17.4. The lowest BCUT2D eigenvalue weighted by Gasteiger charge is -2.44. The lowest BCUT2D eigenvalue weighted by atomic mass is 10.0. The van der Waals surface area contributed by atoms with E-state index in [1.165, 1.54) is 7.11 Å². The standard InChI is InChI=1S/C25H28N4O4/c1-17-16-28(21-11-9-20(10-12-21)25(31)32-3)13-14-29(17)23(19-7-5-4-6-8-19)24(30)26-22-15-18(2)33-27-22/h4-12,15,17,23H,13-14,16H2,1-3H3,(H,26,27,30). The molecule has 1 aliphatic heterocycles. The summed E-state index contributed by atoms with van der Waals surface area (Å²) in [5, 5.41) is 6.81. The monoisotopic (exact) mass is 448 g/mol. The van der Waals surface area contributed by atoms with Crippen molar-refractivity contribution in [2.45, 2.75) is 25.9 Å². The van der Waals surface area contributed by atoms with Crippen molar-refractivity contribution in [1.82, 2.24) is 10.1 Å². The highest BCUT2D eigenvalue weighted by molar-refractivity contribution is 5.95. The number of nitrogens with zero attached hydrogens (tertiary/aromatic N) is 3. The van der Waals surface area contributed by atoms with Crippen LogP contribution in [0, 0.1) is 6.92 Å². The van der Waals surface area contributed by atoms with Gasteiger partial charge in [-0.05, 0) is 43.7 Å². The summed E-state index contributed by atoms with van der Waals surface area (Å²) in [5.74, 6) is 0.563. The quantitative estimate of drug-likeness (QED) is 0.576. The van der Waals surface area contributed by atoms with Crippen LogP contribution in [0.3, 0.4) is 0 Å². The van der Waals surface area contributed by atoms with E-state index in [1.54, 1.807) is 25.1 Å². The number of hydrogen-bond acceptors (Lipinski definition) is 7. The number of nitrogens with one attached hydrogen (secondary N) is 1. The van der Waals surface area contributed by atoms with Crippen LogP contribution < -0.4 is 10.2 Å². The summed E-state index contributed by atoms with van der Waals surface area (Å²) in [6, 6.07) is 18.6. The summed E-state index contributed by atoms with van der Waals surface area (Å²) in [4.78, 5) is 29.6. The van der Waals surface area contributed by atoms with E-state index >= 15 is 0 Å². The van der Waals surface area contributed by atoms with Gasteiger partial charge in [-0.3, -0.25) is 9.69 Å². The molecule has 2 unspecified atom stereocenters. The SMILES string of the molecule is COC(=O)c1ccc(N2CCN(C(C(=O)Nc3cc(C)on3)c3ccccc3)C(C)C2)cc1. The van der Waals surface area contributed by atoms with Crippen molar-refractivity contribution in [2.75, 3.05) is 37.0 Å². The molecule has 1 amide bonds. The lowest BCUT2D eigenvalue weighted by Crippen LogP contribution is -2.55. The van der Waals surface area contributed by atoms with Crippen molar-refractivity contribution in [1.29, 1.82) is 0 Å². The number of anilines is 2. The molecule has 0 bridgehead atoms. The summed E-state index contributed by atoms with van der Waals surface area (Å²) < 4.78 is 9.88. The van der Waals surface area contributed by atoms with Crippen LogP contribution in [-0.2, 0) is 9.53 Å². The Morgan fingerprint density at radius 2 is 1.85 bits per heavy atom. The molecule has 0 aliphatic carbocycles. The minimum atomic E-state index is -0.456. The summed E-state index contributed by atoms with van der Waals surface area (Å²) in [5.41, 5.74) is 2.49. The molecule has 33 heavy (non-hydrogen) atoms. The average Bonchev–Trinajstić information content (AvgIpc) is 3.25. The number of carbonyl (C=O) groups is 2. The van der Waals surface area contributed by atoms with E-state index < -0.39 is 6.04 Å². The summed E-state index contributed by atoms with van der Waals surface area (Å²) in [7, 11) is 1.38. The zero-order valence-corrected chi connectivity index (χ0v) is 19.0. The molecule has 172 valence electrons. The topological polar surface area (TPSA) is 87.9 Å². The van der Waals surface area contributed by atoms with E-state index in [-0.39, 0.29) is 17.9 Å². The maximum Gasteiger partial charge on any atom is 0.337 e. The maximum absolute atomic E-state index is 13.4. The molecule has 0 radical (unpaired) electrons. The van der Waals surface area contributed by atoms with Crippen molar-refractivity contribution < 1.29 is 18.8 Å².